The molecule has 0 spiro atoms. The van der Waals surface area contributed by atoms with Crippen molar-refractivity contribution < 1.29 is 4.70 Å². The summed E-state index contributed by atoms with van der Waals surface area (Å²) in [7, 11) is 0. The normalized spacial score (nSPS) is 11.9. The van der Waals surface area contributed by atoms with E-state index in [1.165, 1.54) is 76.2 Å². The second kappa shape index (κ2) is 8.41. The molecule has 10 aromatic rings. The van der Waals surface area contributed by atoms with Crippen LogP contribution in [0.25, 0.3) is 76.2 Å². The Morgan fingerprint density at radius 2 is 0.650 bits per heavy atom. The van der Waals surface area contributed by atoms with Gasteiger partial charge in [0.15, 0.2) is 0 Å². The van der Waals surface area contributed by atoms with Crippen LogP contribution < -0.4 is 0 Å². The highest BCUT2D eigenvalue weighted by Crippen LogP contribution is 2.41. The monoisotopic (exact) mass is 580 g/mol. The molecule has 0 aliphatic heterocycles. The number of aromatic nitrogens is 2. The van der Waals surface area contributed by atoms with E-state index in [1.807, 2.05) is 0 Å². The Morgan fingerprint density at radius 3 is 1.05 bits per heavy atom. The van der Waals surface area contributed by atoms with E-state index < -0.39 is 0 Å². The van der Waals surface area contributed by atoms with E-state index in [-0.39, 0.29) is 4.70 Å². The van der Waals surface area contributed by atoms with Gasteiger partial charge in [0.1, 0.15) is 0 Å². The molecular formula is C36H22BrFN2. The smallest absolute Gasteiger partial charge is 0.0621 e. The van der Waals surface area contributed by atoms with Gasteiger partial charge in [-0.15, -0.1) is 0 Å². The third kappa shape index (κ3) is 2.91. The van der Waals surface area contributed by atoms with Crippen molar-refractivity contribution in [2.45, 2.75) is 0 Å². The molecule has 4 heteroatoms. The summed E-state index contributed by atoms with van der Waals surface area (Å²) in [6.07, 6.45) is 0. The van der Waals surface area contributed by atoms with E-state index in [0.717, 1.165) is 4.47 Å². The Labute approximate surface area is 236 Å². The van der Waals surface area contributed by atoms with Crippen LogP contribution >= 0.6 is 15.9 Å². The highest BCUT2D eigenvalue weighted by molar-refractivity contribution is 9.10. The second-order valence-electron chi connectivity index (χ2n) is 10.3. The highest BCUT2D eigenvalue weighted by atomic mass is 79.9. The van der Waals surface area contributed by atoms with E-state index in [9.17, 15) is 0 Å². The molecule has 10 rings (SSSR count). The molecule has 0 fully saturated rings. The quantitative estimate of drug-likeness (QED) is 0.169. The van der Waals surface area contributed by atoms with Gasteiger partial charge in [-0.25, -0.2) is 0 Å². The van der Waals surface area contributed by atoms with Crippen molar-refractivity contribution in [3.63, 3.8) is 0 Å². The van der Waals surface area contributed by atoms with Crippen LogP contribution in [0, 0.1) is 0 Å². The topological polar surface area (TPSA) is 8.82 Å². The number of nitrogens with zero attached hydrogens (tertiary/aromatic N) is 2. The van der Waals surface area contributed by atoms with E-state index in [4.69, 9.17) is 0 Å². The number of fused-ring (bicyclic) bond motifs is 12. The first-order valence-corrected chi connectivity index (χ1v) is 14.0. The van der Waals surface area contributed by atoms with Crippen molar-refractivity contribution in [1.29, 1.82) is 0 Å². The van der Waals surface area contributed by atoms with Crippen molar-refractivity contribution in [3.05, 3.63) is 132 Å². The molecule has 0 unspecified atom stereocenters. The third-order valence-electron chi connectivity index (χ3n) is 8.30. The van der Waals surface area contributed by atoms with Gasteiger partial charge in [0.05, 0.1) is 33.1 Å². The van der Waals surface area contributed by atoms with Gasteiger partial charge in [-0.3, -0.25) is 4.70 Å². The van der Waals surface area contributed by atoms with Crippen molar-refractivity contribution >= 4 is 92.1 Å². The van der Waals surface area contributed by atoms with Crippen LogP contribution in [-0.4, -0.2) is 8.80 Å². The fourth-order valence-corrected chi connectivity index (χ4v) is 7.25. The fraction of sp³-hybridized carbons (Fsp3) is 0. The first-order chi connectivity index (χ1) is 19.3. The van der Waals surface area contributed by atoms with Gasteiger partial charge in [-0.1, -0.05) is 107 Å². The Morgan fingerprint density at radius 1 is 0.350 bits per heavy atom. The van der Waals surface area contributed by atoms with Crippen LogP contribution in [0.1, 0.15) is 0 Å². The second-order valence-corrected chi connectivity index (χ2v) is 11.2. The molecule has 0 N–H and O–H groups in total. The van der Waals surface area contributed by atoms with Gasteiger partial charge in [-0.2, -0.15) is 0 Å². The van der Waals surface area contributed by atoms with Crippen LogP contribution in [0.3, 0.4) is 0 Å². The van der Waals surface area contributed by atoms with Crippen molar-refractivity contribution in [2.24, 2.45) is 0 Å². The summed E-state index contributed by atoms with van der Waals surface area (Å²) in [6, 6.07) is 45.6. The van der Waals surface area contributed by atoms with Crippen LogP contribution in [0.5, 0.6) is 0 Å². The summed E-state index contributed by atoms with van der Waals surface area (Å²) in [6.45, 7) is 0. The molecule has 0 saturated carbocycles. The highest BCUT2D eigenvalue weighted by Gasteiger charge is 2.17. The molecule has 0 atom stereocenters. The molecule has 0 saturated heterocycles. The van der Waals surface area contributed by atoms with E-state index in [0.29, 0.717) is 0 Å². The third-order valence-corrected chi connectivity index (χ3v) is 8.76. The van der Waals surface area contributed by atoms with Crippen LogP contribution in [0.4, 0.5) is 4.70 Å². The maximum atomic E-state index is 3.66. The SMILES string of the molecule is Brc1cc2c3ccccc3n3c4ccccc4c(c1)c23.F.c1ccc2c(c1)c1cccc3c4ccccc4n2c13. The molecule has 6 aromatic carbocycles. The predicted molar refractivity (Wildman–Crippen MR) is 172 cm³/mol. The van der Waals surface area contributed by atoms with Gasteiger partial charge in [0, 0.05) is 47.6 Å². The van der Waals surface area contributed by atoms with Gasteiger partial charge < -0.3 is 8.80 Å². The maximum absolute atomic E-state index is 3.66. The minimum atomic E-state index is 0. The molecule has 2 nitrogen and oxygen atoms in total. The molecule has 190 valence electrons. The number of hydrogen-bond acceptors (Lipinski definition) is 0. The standard InChI is InChI=1S/C18H10BrN.C18H11N.FH/c19-11-9-14-12-5-1-3-7-16(12)20-17-8-4-2-6-13(17)15(10-11)18(14)20;1-3-10-16-12(6-1)14-8-5-9-15-13-7-2-4-11-17(13)19(16)18(14)15;/h1-10H;1-11H;1H. The average molecular weight is 581 g/mol. The molecule has 0 aliphatic rings. The summed E-state index contributed by atoms with van der Waals surface area (Å²) < 4.78 is 5.93. The van der Waals surface area contributed by atoms with Crippen LogP contribution in [0.15, 0.2) is 132 Å². The molecule has 0 amide bonds. The van der Waals surface area contributed by atoms with Crippen molar-refractivity contribution in [1.82, 2.24) is 8.80 Å². The molecule has 4 heterocycles. The molecule has 4 aromatic heterocycles. The first-order valence-electron chi connectivity index (χ1n) is 13.2. The Kier molecular flexibility index (Phi) is 4.89. The lowest BCUT2D eigenvalue weighted by atomic mass is 10.1. The Balaban J connectivity index is 0.000000120. The lowest BCUT2D eigenvalue weighted by molar-refractivity contribution is 1.11. The first kappa shape index (κ1) is 23.2. The number of hydrogen-bond donors (Lipinski definition) is 0. The molecule has 0 radical (unpaired) electrons. The molecule has 0 aliphatic carbocycles. The number of halogens is 2. The zero-order valence-corrected chi connectivity index (χ0v) is 22.9. The van der Waals surface area contributed by atoms with Crippen molar-refractivity contribution in [2.75, 3.05) is 0 Å². The summed E-state index contributed by atoms with van der Waals surface area (Å²) in [4.78, 5) is 0. The van der Waals surface area contributed by atoms with E-state index >= 15 is 0 Å². The van der Waals surface area contributed by atoms with Gasteiger partial charge in [0.2, 0.25) is 0 Å². The zero-order valence-electron chi connectivity index (χ0n) is 21.3. The average Bonchev–Trinajstić information content (AvgIpc) is 3.71. The number of rotatable bonds is 0. The Bertz CT molecular complexity index is 2360. The van der Waals surface area contributed by atoms with E-state index in [1.54, 1.807) is 0 Å². The van der Waals surface area contributed by atoms with Gasteiger partial charge in [0.25, 0.3) is 0 Å². The molecule has 40 heavy (non-hydrogen) atoms. The van der Waals surface area contributed by atoms with E-state index in [2.05, 4.69) is 152 Å². The summed E-state index contributed by atoms with van der Waals surface area (Å²) in [5.74, 6) is 0. The molecule has 0 bridgehead atoms. The summed E-state index contributed by atoms with van der Waals surface area (Å²) in [5.41, 5.74) is 7.85. The zero-order chi connectivity index (χ0) is 25.7. The fourth-order valence-electron chi connectivity index (χ4n) is 6.80. The minimum Gasteiger partial charge on any atom is -0.308 e. The lowest BCUT2D eigenvalue weighted by Gasteiger charge is -1.97. The largest absolute Gasteiger partial charge is 0.308 e. The van der Waals surface area contributed by atoms with Crippen molar-refractivity contribution in [3.8, 4) is 0 Å². The minimum absolute atomic E-state index is 0. The number of para-hydroxylation sites is 5. The summed E-state index contributed by atoms with van der Waals surface area (Å²) >= 11 is 3.66. The molecular weight excluding hydrogens is 559 g/mol. The van der Waals surface area contributed by atoms with Gasteiger partial charge >= 0.3 is 0 Å². The summed E-state index contributed by atoms with van der Waals surface area (Å²) in [5, 5.41) is 10.7. The Hall–Kier alpha value is -4.67. The van der Waals surface area contributed by atoms with Gasteiger partial charge in [-0.05, 0) is 36.4 Å². The maximum Gasteiger partial charge on any atom is 0.0621 e. The predicted octanol–water partition coefficient (Wildman–Crippen LogP) is 10.6. The number of benzene rings is 6. The lowest BCUT2D eigenvalue weighted by Crippen LogP contribution is -1.78. The van der Waals surface area contributed by atoms with Crippen LogP contribution in [-0.2, 0) is 0 Å². The van der Waals surface area contributed by atoms with Crippen LogP contribution in [0.2, 0.25) is 0 Å².